The van der Waals surface area contributed by atoms with Crippen LogP contribution in [0.15, 0.2) is 33.9 Å². The van der Waals surface area contributed by atoms with Gasteiger partial charge < -0.3 is 5.32 Å². The average Bonchev–Trinajstić information content (AvgIpc) is 3.13. The fourth-order valence-corrected chi connectivity index (χ4v) is 6.11. The molecule has 0 aliphatic carbocycles. The first-order chi connectivity index (χ1) is 12.3. The van der Waals surface area contributed by atoms with Gasteiger partial charge in [-0.15, -0.1) is 11.3 Å². The molecule has 0 radical (unpaired) electrons. The van der Waals surface area contributed by atoms with Crippen LogP contribution in [0.5, 0.6) is 0 Å². The van der Waals surface area contributed by atoms with Gasteiger partial charge >= 0.3 is 0 Å². The van der Waals surface area contributed by atoms with E-state index in [1.165, 1.54) is 21.2 Å². The van der Waals surface area contributed by atoms with Gasteiger partial charge in [0.05, 0.1) is 0 Å². The van der Waals surface area contributed by atoms with Gasteiger partial charge in [0.25, 0.3) is 10.0 Å². The van der Waals surface area contributed by atoms with Crippen molar-refractivity contribution in [1.82, 2.24) is 4.31 Å². The number of hydrogen-bond acceptors (Lipinski definition) is 4. The lowest BCUT2D eigenvalue weighted by Crippen LogP contribution is -2.41. The summed E-state index contributed by atoms with van der Waals surface area (Å²) in [7, 11) is -3.42. The molecule has 1 aliphatic heterocycles. The van der Waals surface area contributed by atoms with Crippen LogP contribution in [0.4, 0.5) is 5.69 Å². The Balaban J connectivity index is 1.64. The molecule has 0 bridgehead atoms. The molecule has 2 aromatic rings. The minimum Gasteiger partial charge on any atom is -0.325 e. The zero-order chi connectivity index (χ0) is 18.9. The molecule has 1 aromatic heterocycles. The molecule has 1 saturated heterocycles. The van der Waals surface area contributed by atoms with Crippen LogP contribution in [-0.4, -0.2) is 31.7 Å². The molecule has 1 aliphatic rings. The van der Waals surface area contributed by atoms with Gasteiger partial charge in [-0.1, -0.05) is 23.8 Å². The van der Waals surface area contributed by atoms with E-state index in [1.54, 1.807) is 17.5 Å². The number of nitrogens with one attached hydrogen (secondary N) is 1. The van der Waals surface area contributed by atoms with Crippen molar-refractivity contribution in [2.75, 3.05) is 18.4 Å². The minimum atomic E-state index is -3.42. The van der Waals surface area contributed by atoms with Crippen LogP contribution in [-0.2, 0) is 14.8 Å². The van der Waals surface area contributed by atoms with E-state index in [1.807, 2.05) is 20.8 Å². The lowest BCUT2D eigenvalue weighted by molar-refractivity contribution is -0.120. The maximum Gasteiger partial charge on any atom is 0.252 e. The number of nitrogens with zero attached hydrogens (tertiary/aromatic N) is 1. The summed E-state index contributed by atoms with van der Waals surface area (Å²) < 4.78 is 27.0. The largest absolute Gasteiger partial charge is 0.325 e. The molecule has 140 valence electrons. The summed E-state index contributed by atoms with van der Waals surface area (Å²) in [6.45, 7) is 6.78. The van der Waals surface area contributed by atoms with Gasteiger partial charge in [-0.25, -0.2) is 8.42 Å². The van der Waals surface area contributed by atoms with Crippen LogP contribution < -0.4 is 5.32 Å². The third-order valence-corrected chi connectivity index (χ3v) is 8.11. The van der Waals surface area contributed by atoms with E-state index >= 15 is 0 Å². The predicted octanol–water partition coefficient (Wildman–Crippen LogP) is 3.71. The molecule has 26 heavy (non-hydrogen) atoms. The molecule has 0 atom stereocenters. The molecule has 3 rings (SSSR count). The number of carbonyl (C=O) groups is 1. The van der Waals surface area contributed by atoms with Crippen LogP contribution in [0.25, 0.3) is 0 Å². The van der Waals surface area contributed by atoms with Crippen molar-refractivity contribution in [3.05, 3.63) is 46.3 Å². The average molecular weight is 393 g/mol. The van der Waals surface area contributed by atoms with Gasteiger partial charge in [0.15, 0.2) is 0 Å². The van der Waals surface area contributed by atoms with E-state index in [-0.39, 0.29) is 11.8 Å². The number of benzene rings is 1. The van der Waals surface area contributed by atoms with Crippen molar-refractivity contribution < 1.29 is 13.2 Å². The number of anilines is 1. The molecule has 0 spiro atoms. The lowest BCUT2D eigenvalue weighted by Gasteiger charge is -2.30. The van der Waals surface area contributed by atoms with Crippen LogP contribution >= 0.6 is 11.3 Å². The first-order valence-corrected chi connectivity index (χ1v) is 11.0. The summed E-state index contributed by atoms with van der Waals surface area (Å²) in [6.07, 6.45) is 1.08. The molecule has 0 unspecified atom stereocenters. The van der Waals surface area contributed by atoms with Crippen molar-refractivity contribution in [2.45, 2.75) is 37.8 Å². The minimum absolute atomic E-state index is 0.0202. The second-order valence-electron chi connectivity index (χ2n) is 6.87. The second-order valence-corrected chi connectivity index (χ2v) is 9.99. The van der Waals surface area contributed by atoms with Crippen LogP contribution in [0.2, 0.25) is 0 Å². The quantitative estimate of drug-likeness (QED) is 0.862. The molecule has 1 aromatic carbocycles. The summed E-state index contributed by atoms with van der Waals surface area (Å²) >= 11 is 1.23. The fourth-order valence-electron chi connectivity index (χ4n) is 3.50. The Hall–Kier alpha value is -1.70. The van der Waals surface area contributed by atoms with Gasteiger partial charge in [-0.05, 0) is 56.2 Å². The van der Waals surface area contributed by atoms with Crippen LogP contribution in [0, 0.1) is 26.7 Å². The van der Waals surface area contributed by atoms with Gasteiger partial charge in [0.1, 0.15) is 4.21 Å². The summed E-state index contributed by atoms with van der Waals surface area (Å²) in [5.41, 5.74) is 4.14. The topological polar surface area (TPSA) is 66.5 Å². The van der Waals surface area contributed by atoms with Crippen LogP contribution in [0.3, 0.4) is 0 Å². The fraction of sp³-hybridized carbons (Fsp3) is 0.421. The van der Waals surface area contributed by atoms with Gasteiger partial charge in [0, 0.05) is 24.7 Å². The van der Waals surface area contributed by atoms with E-state index in [0.29, 0.717) is 30.1 Å². The predicted molar refractivity (Wildman–Crippen MR) is 105 cm³/mol. The highest BCUT2D eigenvalue weighted by Gasteiger charge is 2.32. The SMILES string of the molecule is Cc1cc(C)c(NC(=O)C2CCN(S(=O)(=O)c3cccs3)CC2)c(C)c1. The third-order valence-electron chi connectivity index (χ3n) is 4.84. The molecule has 5 nitrogen and oxygen atoms in total. The normalized spacial score (nSPS) is 16.6. The van der Waals surface area contributed by atoms with Crippen molar-refractivity contribution in [3.63, 3.8) is 0 Å². The summed E-state index contributed by atoms with van der Waals surface area (Å²) in [4.78, 5) is 12.7. The Bertz CT molecular complexity index is 874. The van der Waals surface area contributed by atoms with E-state index in [4.69, 9.17) is 0 Å². The molecule has 1 amide bonds. The van der Waals surface area contributed by atoms with Crippen molar-refractivity contribution in [3.8, 4) is 0 Å². The number of sulfonamides is 1. The highest BCUT2D eigenvalue weighted by molar-refractivity contribution is 7.91. The van der Waals surface area contributed by atoms with Gasteiger partial charge in [-0.3, -0.25) is 4.79 Å². The maximum atomic E-state index is 12.7. The van der Waals surface area contributed by atoms with Gasteiger partial charge in [-0.2, -0.15) is 4.31 Å². The molecule has 2 heterocycles. The summed E-state index contributed by atoms with van der Waals surface area (Å²) in [6, 6.07) is 7.48. The lowest BCUT2D eigenvalue weighted by atomic mass is 9.96. The number of thiophene rings is 1. The molecular formula is C19H24N2O3S2. The monoisotopic (exact) mass is 392 g/mol. The van der Waals surface area contributed by atoms with Crippen molar-refractivity contribution >= 4 is 33.0 Å². The molecule has 1 N–H and O–H groups in total. The second kappa shape index (κ2) is 7.50. The first-order valence-electron chi connectivity index (χ1n) is 8.71. The van der Waals surface area contributed by atoms with Crippen LogP contribution in [0.1, 0.15) is 29.5 Å². The number of amides is 1. The van der Waals surface area contributed by atoms with Gasteiger partial charge in [0.2, 0.25) is 5.91 Å². The van der Waals surface area contributed by atoms with Crippen molar-refractivity contribution in [2.24, 2.45) is 5.92 Å². The Morgan fingerprint density at radius 2 is 1.77 bits per heavy atom. The zero-order valence-corrected chi connectivity index (χ0v) is 16.9. The number of aryl methyl sites for hydroxylation is 3. The van der Waals surface area contributed by atoms with E-state index in [2.05, 4.69) is 17.4 Å². The number of rotatable bonds is 4. The Morgan fingerprint density at radius 3 is 2.31 bits per heavy atom. The third kappa shape index (κ3) is 3.84. The summed E-state index contributed by atoms with van der Waals surface area (Å²) in [5, 5.41) is 4.81. The number of hydrogen-bond donors (Lipinski definition) is 1. The Kier molecular flexibility index (Phi) is 5.50. The van der Waals surface area contributed by atoms with E-state index < -0.39 is 10.0 Å². The molecule has 1 fully saturated rings. The highest BCUT2D eigenvalue weighted by Crippen LogP contribution is 2.28. The standard InChI is InChI=1S/C19H24N2O3S2/c1-13-11-14(2)18(15(3)12-13)20-19(22)16-6-8-21(9-7-16)26(23,24)17-5-4-10-25-17/h4-5,10-12,16H,6-9H2,1-3H3,(H,20,22). The molecule has 7 heteroatoms. The Morgan fingerprint density at radius 1 is 1.15 bits per heavy atom. The first kappa shape index (κ1) is 19.1. The maximum absolute atomic E-state index is 12.7. The number of piperidine rings is 1. The zero-order valence-electron chi connectivity index (χ0n) is 15.3. The number of carbonyl (C=O) groups excluding carboxylic acids is 1. The van der Waals surface area contributed by atoms with Crippen molar-refractivity contribution in [1.29, 1.82) is 0 Å². The van der Waals surface area contributed by atoms with E-state index in [9.17, 15) is 13.2 Å². The molecule has 0 saturated carbocycles. The summed E-state index contributed by atoms with van der Waals surface area (Å²) in [5.74, 6) is -0.182. The molecular weight excluding hydrogens is 368 g/mol. The van der Waals surface area contributed by atoms with E-state index in [0.717, 1.165) is 16.8 Å². The smallest absolute Gasteiger partial charge is 0.252 e. The highest BCUT2D eigenvalue weighted by atomic mass is 32.2. The Labute approximate surface area is 159 Å².